The maximum atomic E-state index is 5.32. The van der Waals surface area contributed by atoms with Gasteiger partial charge in [-0.05, 0) is 43.7 Å². The van der Waals surface area contributed by atoms with Crippen LogP contribution < -0.4 is 9.64 Å². The molecule has 3 nitrogen and oxygen atoms in total. The van der Waals surface area contributed by atoms with Gasteiger partial charge in [0.25, 0.3) is 0 Å². The van der Waals surface area contributed by atoms with Crippen molar-refractivity contribution in [1.29, 1.82) is 0 Å². The molecule has 0 aromatic heterocycles. The zero-order valence-electron chi connectivity index (χ0n) is 12.5. The van der Waals surface area contributed by atoms with Gasteiger partial charge in [0.2, 0.25) is 0 Å². The molecule has 0 radical (unpaired) electrons. The minimum Gasteiger partial charge on any atom is -0.496 e. The lowest BCUT2D eigenvalue weighted by molar-refractivity contribution is 0.254. The van der Waals surface area contributed by atoms with Crippen LogP contribution in [0.25, 0.3) is 0 Å². The van der Waals surface area contributed by atoms with Gasteiger partial charge in [0, 0.05) is 31.9 Å². The molecule has 0 spiro atoms. The van der Waals surface area contributed by atoms with E-state index in [2.05, 4.69) is 41.8 Å². The molecule has 0 aliphatic carbocycles. The molecule has 1 aromatic carbocycles. The lowest BCUT2D eigenvalue weighted by Gasteiger charge is -2.36. The van der Waals surface area contributed by atoms with Crippen LogP contribution in [0.3, 0.4) is 0 Å². The molecule has 106 valence electrons. The molecule has 1 aromatic rings. The normalized spacial score (nSPS) is 16.7. The van der Waals surface area contributed by atoms with Crippen LogP contribution in [0.4, 0.5) is 5.69 Å². The SMILES string of the molecule is CCCCN1CCN(c2ccc(OC)c(C)c2)CC1. The Kier molecular flexibility index (Phi) is 5.08. The number of ether oxygens (including phenoxy) is 1. The molecular weight excluding hydrogens is 236 g/mol. The Balaban J connectivity index is 1.92. The summed E-state index contributed by atoms with van der Waals surface area (Å²) in [6.07, 6.45) is 2.61. The highest BCUT2D eigenvalue weighted by Gasteiger charge is 2.17. The third kappa shape index (κ3) is 3.63. The number of hydrogen-bond donors (Lipinski definition) is 0. The molecule has 0 bridgehead atoms. The summed E-state index contributed by atoms with van der Waals surface area (Å²) in [5, 5.41) is 0. The summed E-state index contributed by atoms with van der Waals surface area (Å²) < 4.78 is 5.32. The van der Waals surface area contributed by atoms with Crippen molar-refractivity contribution in [2.45, 2.75) is 26.7 Å². The average molecular weight is 262 g/mol. The number of unbranched alkanes of at least 4 members (excludes halogenated alkanes) is 1. The fourth-order valence-corrected chi connectivity index (χ4v) is 2.67. The van der Waals surface area contributed by atoms with Crippen molar-refractivity contribution in [3.05, 3.63) is 23.8 Å². The smallest absolute Gasteiger partial charge is 0.121 e. The summed E-state index contributed by atoms with van der Waals surface area (Å²) in [4.78, 5) is 5.06. The van der Waals surface area contributed by atoms with Gasteiger partial charge in [-0.3, -0.25) is 4.90 Å². The van der Waals surface area contributed by atoms with Crippen LogP contribution in [-0.2, 0) is 0 Å². The average Bonchev–Trinajstić information content (AvgIpc) is 2.45. The van der Waals surface area contributed by atoms with Gasteiger partial charge in [-0.15, -0.1) is 0 Å². The monoisotopic (exact) mass is 262 g/mol. The zero-order chi connectivity index (χ0) is 13.7. The zero-order valence-corrected chi connectivity index (χ0v) is 12.5. The molecule has 2 rings (SSSR count). The Morgan fingerprint density at radius 1 is 1.16 bits per heavy atom. The van der Waals surface area contributed by atoms with E-state index in [4.69, 9.17) is 4.74 Å². The van der Waals surface area contributed by atoms with Crippen molar-refractivity contribution in [3.8, 4) is 5.75 Å². The minimum atomic E-state index is 0.977. The van der Waals surface area contributed by atoms with Crippen LogP contribution in [-0.4, -0.2) is 44.7 Å². The van der Waals surface area contributed by atoms with E-state index in [9.17, 15) is 0 Å². The molecule has 0 saturated carbocycles. The van der Waals surface area contributed by atoms with E-state index in [1.807, 2.05) is 0 Å². The van der Waals surface area contributed by atoms with Gasteiger partial charge >= 0.3 is 0 Å². The van der Waals surface area contributed by atoms with Crippen molar-refractivity contribution in [3.63, 3.8) is 0 Å². The fraction of sp³-hybridized carbons (Fsp3) is 0.625. The standard InChI is InChI=1S/C16H26N2O/c1-4-5-8-17-9-11-18(12-10-17)15-6-7-16(19-3)14(2)13-15/h6-7,13H,4-5,8-12H2,1-3H3. The highest BCUT2D eigenvalue weighted by atomic mass is 16.5. The minimum absolute atomic E-state index is 0.977. The molecule has 0 amide bonds. The molecule has 3 heteroatoms. The number of piperazine rings is 1. The van der Waals surface area contributed by atoms with Crippen molar-refractivity contribution >= 4 is 5.69 Å². The molecule has 1 saturated heterocycles. The highest BCUT2D eigenvalue weighted by Crippen LogP contribution is 2.24. The lowest BCUT2D eigenvalue weighted by atomic mass is 10.1. The molecule has 19 heavy (non-hydrogen) atoms. The first-order valence-electron chi connectivity index (χ1n) is 7.36. The van der Waals surface area contributed by atoms with Crippen molar-refractivity contribution in [2.75, 3.05) is 44.7 Å². The predicted molar refractivity (Wildman–Crippen MR) is 81.3 cm³/mol. The van der Waals surface area contributed by atoms with Gasteiger partial charge in [-0.25, -0.2) is 0 Å². The van der Waals surface area contributed by atoms with E-state index in [0.29, 0.717) is 0 Å². The molecule has 0 N–H and O–H groups in total. The van der Waals surface area contributed by atoms with Crippen molar-refractivity contribution in [1.82, 2.24) is 4.90 Å². The molecular formula is C16H26N2O. The summed E-state index contributed by atoms with van der Waals surface area (Å²) >= 11 is 0. The number of anilines is 1. The van der Waals surface area contributed by atoms with E-state index in [-0.39, 0.29) is 0 Å². The van der Waals surface area contributed by atoms with E-state index in [1.165, 1.54) is 43.7 Å². The van der Waals surface area contributed by atoms with E-state index >= 15 is 0 Å². The molecule has 1 heterocycles. The third-order valence-corrected chi connectivity index (χ3v) is 3.94. The number of rotatable bonds is 5. The maximum Gasteiger partial charge on any atom is 0.121 e. The predicted octanol–water partition coefficient (Wildman–Crippen LogP) is 2.93. The van der Waals surface area contributed by atoms with Gasteiger partial charge in [0.05, 0.1) is 7.11 Å². The Labute approximate surface area is 117 Å². The maximum absolute atomic E-state index is 5.32. The summed E-state index contributed by atoms with van der Waals surface area (Å²) in [6, 6.07) is 6.49. The Morgan fingerprint density at radius 3 is 2.47 bits per heavy atom. The van der Waals surface area contributed by atoms with Crippen LogP contribution in [0, 0.1) is 6.92 Å². The fourth-order valence-electron chi connectivity index (χ4n) is 2.67. The summed E-state index contributed by atoms with van der Waals surface area (Å²) in [5.41, 5.74) is 2.54. The molecule has 1 aliphatic heterocycles. The van der Waals surface area contributed by atoms with Crippen LogP contribution in [0.15, 0.2) is 18.2 Å². The van der Waals surface area contributed by atoms with E-state index in [1.54, 1.807) is 7.11 Å². The first kappa shape index (κ1) is 14.2. The van der Waals surface area contributed by atoms with Gasteiger partial charge in [-0.2, -0.15) is 0 Å². The third-order valence-electron chi connectivity index (χ3n) is 3.94. The first-order chi connectivity index (χ1) is 9.24. The van der Waals surface area contributed by atoms with Gasteiger partial charge in [-0.1, -0.05) is 13.3 Å². The topological polar surface area (TPSA) is 15.7 Å². The summed E-state index contributed by atoms with van der Waals surface area (Å²) in [7, 11) is 1.73. The van der Waals surface area contributed by atoms with Gasteiger partial charge < -0.3 is 9.64 Å². The summed E-state index contributed by atoms with van der Waals surface area (Å²) in [5.74, 6) is 0.977. The van der Waals surface area contributed by atoms with Crippen molar-refractivity contribution < 1.29 is 4.74 Å². The van der Waals surface area contributed by atoms with E-state index < -0.39 is 0 Å². The van der Waals surface area contributed by atoms with Crippen LogP contribution in [0.5, 0.6) is 5.75 Å². The molecule has 0 atom stereocenters. The summed E-state index contributed by atoms with van der Waals surface area (Å²) in [6.45, 7) is 10.3. The molecule has 1 aliphatic rings. The Morgan fingerprint density at radius 2 is 1.89 bits per heavy atom. The largest absolute Gasteiger partial charge is 0.496 e. The highest BCUT2D eigenvalue weighted by molar-refractivity contribution is 5.53. The van der Waals surface area contributed by atoms with Crippen LogP contribution >= 0.6 is 0 Å². The Hall–Kier alpha value is -1.22. The van der Waals surface area contributed by atoms with Gasteiger partial charge in [0.15, 0.2) is 0 Å². The number of benzene rings is 1. The second-order valence-corrected chi connectivity index (χ2v) is 5.34. The first-order valence-corrected chi connectivity index (χ1v) is 7.36. The number of methoxy groups -OCH3 is 1. The Bertz CT molecular complexity index is 398. The van der Waals surface area contributed by atoms with Crippen LogP contribution in [0.1, 0.15) is 25.3 Å². The number of hydrogen-bond acceptors (Lipinski definition) is 3. The van der Waals surface area contributed by atoms with Gasteiger partial charge in [0.1, 0.15) is 5.75 Å². The second-order valence-electron chi connectivity index (χ2n) is 5.34. The quantitative estimate of drug-likeness (QED) is 0.811. The van der Waals surface area contributed by atoms with E-state index in [0.717, 1.165) is 18.8 Å². The second kappa shape index (κ2) is 6.80. The number of aryl methyl sites for hydroxylation is 1. The number of nitrogens with zero attached hydrogens (tertiary/aromatic N) is 2. The lowest BCUT2D eigenvalue weighted by Crippen LogP contribution is -2.46. The molecule has 0 unspecified atom stereocenters. The van der Waals surface area contributed by atoms with Crippen molar-refractivity contribution in [2.24, 2.45) is 0 Å². The molecule has 1 fully saturated rings. The van der Waals surface area contributed by atoms with Crippen LogP contribution in [0.2, 0.25) is 0 Å².